The predicted molar refractivity (Wildman–Crippen MR) is 109 cm³/mol. The minimum atomic E-state index is -3.70. The summed E-state index contributed by atoms with van der Waals surface area (Å²) in [5, 5.41) is -0.900. The van der Waals surface area contributed by atoms with Gasteiger partial charge >= 0.3 is 0 Å². The second-order valence-corrected chi connectivity index (χ2v) is 9.36. The van der Waals surface area contributed by atoms with E-state index in [1.54, 1.807) is 4.90 Å². The monoisotopic (exact) mass is 426 g/mol. The van der Waals surface area contributed by atoms with Gasteiger partial charge in [0.05, 0.1) is 10.1 Å². The van der Waals surface area contributed by atoms with E-state index in [2.05, 4.69) is 0 Å². The number of carbonyl (C=O) groups is 1. The quantitative estimate of drug-likeness (QED) is 0.745. The average Bonchev–Trinajstić information content (AvgIpc) is 3.04. The Morgan fingerprint density at radius 3 is 2.36 bits per heavy atom. The number of benzene rings is 2. The number of hydrogen-bond acceptors (Lipinski definition) is 4. The van der Waals surface area contributed by atoms with Crippen molar-refractivity contribution in [2.24, 2.45) is 5.73 Å². The maximum absolute atomic E-state index is 13.0. The number of nitrogens with two attached hydrogens (primary N) is 1. The molecule has 3 atom stereocenters. The van der Waals surface area contributed by atoms with Gasteiger partial charge in [0.1, 0.15) is 5.82 Å². The fourth-order valence-electron chi connectivity index (χ4n) is 3.43. The SMILES string of the molecule is CC(CC(=O)N1C[C@@H](N)[C@H](c2ccccc2)C1)S(=O)(=O)c1ccc(F)cc1.Cl. The maximum Gasteiger partial charge on any atom is 0.223 e. The first kappa shape index (κ1) is 22.3. The number of rotatable bonds is 5. The third-order valence-corrected chi connectivity index (χ3v) is 7.23. The lowest BCUT2D eigenvalue weighted by atomic mass is 9.95. The van der Waals surface area contributed by atoms with Gasteiger partial charge in [0.25, 0.3) is 0 Å². The van der Waals surface area contributed by atoms with E-state index in [1.165, 1.54) is 19.1 Å². The molecule has 5 nitrogen and oxygen atoms in total. The molecule has 1 aliphatic rings. The molecule has 0 bridgehead atoms. The van der Waals surface area contributed by atoms with Gasteiger partial charge in [-0.25, -0.2) is 12.8 Å². The van der Waals surface area contributed by atoms with Gasteiger partial charge in [-0.1, -0.05) is 30.3 Å². The first-order valence-electron chi connectivity index (χ1n) is 8.87. The van der Waals surface area contributed by atoms with E-state index in [1.807, 2.05) is 30.3 Å². The second kappa shape index (κ2) is 9.03. The van der Waals surface area contributed by atoms with Crippen LogP contribution in [0.4, 0.5) is 4.39 Å². The van der Waals surface area contributed by atoms with Crippen molar-refractivity contribution in [3.8, 4) is 0 Å². The van der Waals surface area contributed by atoms with Crippen LogP contribution in [0.3, 0.4) is 0 Å². The summed E-state index contributed by atoms with van der Waals surface area (Å²) < 4.78 is 38.3. The van der Waals surface area contributed by atoms with Gasteiger partial charge < -0.3 is 10.6 Å². The van der Waals surface area contributed by atoms with Crippen molar-refractivity contribution < 1.29 is 17.6 Å². The van der Waals surface area contributed by atoms with Crippen LogP contribution in [-0.4, -0.2) is 43.6 Å². The summed E-state index contributed by atoms with van der Waals surface area (Å²) in [7, 11) is -3.70. The number of sulfone groups is 1. The molecule has 2 aromatic rings. The highest BCUT2D eigenvalue weighted by Gasteiger charge is 2.35. The van der Waals surface area contributed by atoms with Crippen molar-refractivity contribution in [2.75, 3.05) is 13.1 Å². The fourth-order valence-corrected chi connectivity index (χ4v) is 4.77. The molecule has 8 heteroatoms. The normalized spacial score (nSPS) is 20.5. The summed E-state index contributed by atoms with van der Waals surface area (Å²) >= 11 is 0. The summed E-state index contributed by atoms with van der Waals surface area (Å²) in [6.45, 7) is 2.39. The number of amides is 1. The van der Waals surface area contributed by atoms with E-state index in [9.17, 15) is 17.6 Å². The van der Waals surface area contributed by atoms with E-state index in [-0.39, 0.29) is 41.6 Å². The molecule has 0 aromatic heterocycles. The zero-order valence-corrected chi connectivity index (χ0v) is 17.1. The van der Waals surface area contributed by atoms with Crippen molar-refractivity contribution >= 4 is 28.2 Å². The Labute approximate surface area is 171 Å². The van der Waals surface area contributed by atoms with Crippen molar-refractivity contribution in [1.82, 2.24) is 4.90 Å². The lowest BCUT2D eigenvalue weighted by molar-refractivity contribution is -0.130. The smallest absolute Gasteiger partial charge is 0.223 e. The summed E-state index contributed by atoms with van der Waals surface area (Å²) in [5.74, 6) is -0.697. The predicted octanol–water partition coefficient (Wildman–Crippen LogP) is 2.75. The Morgan fingerprint density at radius 1 is 1.14 bits per heavy atom. The van der Waals surface area contributed by atoms with Crippen molar-refractivity contribution in [1.29, 1.82) is 0 Å². The second-order valence-electron chi connectivity index (χ2n) is 6.99. The molecule has 3 rings (SSSR count). The van der Waals surface area contributed by atoms with Crippen LogP contribution in [0.25, 0.3) is 0 Å². The molecule has 152 valence electrons. The number of halogens is 2. The molecule has 0 aliphatic carbocycles. The molecule has 1 aliphatic heterocycles. The van der Waals surface area contributed by atoms with E-state index in [4.69, 9.17) is 5.73 Å². The van der Waals surface area contributed by atoms with Crippen LogP contribution in [0.2, 0.25) is 0 Å². The van der Waals surface area contributed by atoms with Crippen LogP contribution in [-0.2, 0) is 14.6 Å². The lowest BCUT2D eigenvalue weighted by Gasteiger charge is -2.19. The van der Waals surface area contributed by atoms with Crippen molar-refractivity contribution in [2.45, 2.75) is 35.4 Å². The highest BCUT2D eigenvalue weighted by molar-refractivity contribution is 7.92. The molecule has 1 saturated heterocycles. The Balaban J connectivity index is 0.00000280. The Bertz CT molecular complexity index is 907. The lowest BCUT2D eigenvalue weighted by Crippen LogP contribution is -2.35. The topological polar surface area (TPSA) is 80.5 Å². The molecule has 2 aromatic carbocycles. The molecule has 1 unspecified atom stereocenters. The summed E-state index contributed by atoms with van der Waals surface area (Å²) in [4.78, 5) is 14.3. The van der Waals surface area contributed by atoms with Crippen LogP contribution in [0.5, 0.6) is 0 Å². The molecule has 0 saturated carbocycles. The summed E-state index contributed by atoms with van der Waals surface area (Å²) in [5.41, 5.74) is 7.29. The number of carbonyl (C=O) groups excluding carboxylic acids is 1. The number of nitrogens with zero attached hydrogens (tertiary/aromatic N) is 1. The number of likely N-dealkylation sites (tertiary alicyclic amines) is 1. The fraction of sp³-hybridized carbons (Fsp3) is 0.350. The van der Waals surface area contributed by atoms with Crippen LogP contribution < -0.4 is 5.73 Å². The van der Waals surface area contributed by atoms with E-state index >= 15 is 0 Å². The Kier molecular flexibility index (Phi) is 7.20. The number of hydrogen-bond donors (Lipinski definition) is 1. The molecule has 1 amide bonds. The van der Waals surface area contributed by atoms with Gasteiger partial charge in [-0.15, -0.1) is 12.4 Å². The largest absolute Gasteiger partial charge is 0.340 e. The van der Waals surface area contributed by atoms with E-state index in [0.29, 0.717) is 13.1 Å². The van der Waals surface area contributed by atoms with Gasteiger partial charge in [0, 0.05) is 31.5 Å². The van der Waals surface area contributed by atoms with Gasteiger partial charge in [0.15, 0.2) is 9.84 Å². The van der Waals surface area contributed by atoms with Gasteiger partial charge in [-0.3, -0.25) is 4.79 Å². The van der Waals surface area contributed by atoms with Gasteiger partial charge in [-0.2, -0.15) is 0 Å². The highest BCUT2D eigenvalue weighted by Crippen LogP contribution is 2.28. The van der Waals surface area contributed by atoms with E-state index in [0.717, 1.165) is 17.7 Å². The molecule has 1 heterocycles. The third-order valence-electron chi connectivity index (χ3n) is 5.08. The molecule has 1 fully saturated rings. The Morgan fingerprint density at radius 2 is 1.75 bits per heavy atom. The zero-order valence-electron chi connectivity index (χ0n) is 15.5. The van der Waals surface area contributed by atoms with Crippen molar-refractivity contribution in [3.05, 3.63) is 66.0 Å². The van der Waals surface area contributed by atoms with Crippen LogP contribution in [0.1, 0.15) is 24.8 Å². The summed E-state index contributed by atoms with van der Waals surface area (Å²) in [6.07, 6.45) is -0.131. The van der Waals surface area contributed by atoms with Crippen molar-refractivity contribution in [3.63, 3.8) is 0 Å². The third kappa shape index (κ3) is 4.71. The maximum atomic E-state index is 13.0. The average molecular weight is 427 g/mol. The standard InChI is InChI=1S/C20H23FN2O3S.ClH/c1-14(27(25,26)17-9-7-16(21)8-10-17)11-20(24)23-12-18(19(22)13-23)15-5-3-2-4-6-15;/h2-10,14,18-19H,11-13,22H2,1H3;1H/t14?,18-,19+;/m0./s1. The van der Waals surface area contributed by atoms with Crippen LogP contribution in [0.15, 0.2) is 59.5 Å². The van der Waals surface area contributed by atoms with E-state index < -0.39 is 20.9 Å². The van der Waals surface area contributed by atoms with Crippen LogP contribution >= 0.6 is 12.4 Å². The molecule has 28 heavy (non-hydrogen) atoms. The molecule has 2 N–H and O–H groups in total. The molecule has 0 spiro atoms. The minimum absolute atomic E-state index is 0. The molecule has 0 radical (unpaired) electrons. The van der Waals surface area contributed by atoms with Gasteiger partial charge in [0.2, 0.25) is 5.91 Å². The first-order chi connectivity index (χ1) is 12.8. The Hall–Kier alpha value is -1.96. The van der Waals surface area contributed by atoms with Crippen LogP contribution in [0, 0.1) is 5.82 Å². The highest BCUT2D eigenvalue weighted by atomic mass is 35.5. The molecular formula is C20H24ClFN2O3S. The first-order valence-corrected chi connectivity index (χ1v) is 10.4. The zero-order chi connectivity index (χ0) is 19.6. The minimum Gasteiger partial charge on any atom is -0.340 e. The van der Waals surface area contributed by atoms with Gasteiger partial charge in [-0.05, 0) is 36.8 Å². The summed E-state index contributed by atoms with van der Waals surface area (Å²) in [6, 6.07) is 14.2. The molecular weight excluding hydrogens is 403 g/mol.